The van der Waals surface area contributed by atoms with E-state index in [1.165, 1.54) is 23.5 Å². The maximum Gasteiger partial charge on any atom is 0.180 e. The molecular formula is C15H11FO3S. The van der Waals surface area contributed by atoms with Crippen LogP contribution in [0.1, 0.15) is 32.9 Å². The monoisotopic (exact) mass is 290 g/mol. The van der Waals surface area contributed by atoms with Crippen LogP contribution >= 0.6 is 11.3 Å². The first-order chi connectivity index (χ1) is 9.56. The molecule has 2 aromatic rings. The zero-order valence-electron chi connectivity index (χ0n) is 10.5. The van der Waals surface area contributed by atoms with Crippen LogP contribution in [0.25, 0.3) is 0 Å². The molecule has 0 aliphatic rings. The van der Waals surface area contributed by atoms with Crippen molar-refractivity contribution in [2.24, 2.45) is 0 Å². The van der Waals surface area contributed by atoms with Crippen LogP contribution in [0, 0.1) is 5.82 Å². The molecule has 0 N–H and O–H groups in total. The van der Waals surface area contributed by atoms with E-state index in [1.807, 2.05) is 0 Å². The van der Waals surface area contributed by atoms with Crippen LogP contribution < -0.4 is 0 Å². The van der Waals surface area contributed by atoms with Gasteiger partial charge >= 0.3 is 0 Å². The van der Waals surface area contributed by atoms with Gasteiger partial charge in [-0.05, 0) is 35.7 Å². The lowest BCUT2D eigenvalue weighted by molar-refractivity contribution is -0.117. The Morgan fingerprint density at radius 2 is 1.60 bits per heavy atom. The molecule has 1 aromatic heterocycles. The standard InChI is InChI=1S/C15H11FO3S/c16-11-5-3-10(4-6-11)13(18)8-12(17)9-14(19)15-2-1-7-20-15/h1-7H,8-9H2. The van der Waals surface area contributed by atoms with E-state index in [0.717, 1.165) is 12.1 Å². The third-order valence-corrected chi connectivity index (χ3v) is 3.59. The van der Waals surface area contributed by atoms with Crippen molar-refractivity contribution in [2.45, 2.75) is 12.8 Å². The second-order valence-corrected chi connectivity index (χ2v) is 5.17. The van der Waals surface area contributed by atoms with Crippen LogP contribution in [-0.4, -0.2) is 17.3 Å². The molecule has 5 heteroatoms. The summed E-state index contributed by atoms with van der Waals surface area (Å²) < 4.78 is 12.7. The quantitative estimate of drug-likeness (QED) is 0.606. The minimum Gasteiger partial charge on any atom is -0.299 e. The highest BCUT2D eigenvalue weighted by Crippen LogP contribution is 2.13. The Balaban J connectivity index is 1.93. The number of hydrogen-bond acceptors (Lipinski definition) is 4. The van der Waals surface area contributed by atoms with Gasteiger partial charge in [0.2, 0.25) is 0 Å². The number of ketones is 3. The van der Waals surface area contributed by atoms with Crippen LogP contribution in [-0.2, 0) is 4.79 Å². The molecule has 0 atom stereocenters. The molecule has 0 saturated heterocycles. The Hall–Kier alpha value is -2.14. The summed E-state index contributed by atoms with van der Waals surface area (Å²) in [6.45, 7) is 0. The number of rotatable bonds is 6. The first-order valence-electron chi connectivity index (χ1n) is 5.93. The molecule has 0 saturated carbocycles. The Kier molecular flexibility index (Phi) is 4.53. The van der Waals surface area contributed by atoms with Crippen molar-refractivity contribution >= 4 is 28.7 Å². The highest BCUT2D eigenvalue weighted by Gasteiger charge is 2.16. The fraction of sp³-hybridized carbons (Fsp3) is 0.133. The molecule has 0 fully saturated rings. The van der Waals surface area contributed by atoms with E-state index in [1.54, 1.807) is 17.5 Å². The highest BCUT2D eigenvalue weighted by molar-refractivity contribution is 7.12. The molecule has 0 radical (unpaired) electrons. The van der Waals surface area contributed by atoms with Crippen molar-refractivity contribution < 1.29 is 18.8 Å². The molecule has 3 nitrogen and oxygen atoms in total. The second kappa shape index (κ2) is 6.34. The Morgan fingerprint density at radius 1 is 0.950 bits per heavy atom. The molecule has 1 aromatic carbocycles. The van der Waals surface area contributed by atoms with Gasteiger partial charge in [-0.3, -0.25) is 14.4 Å². The molecule has 0 amide bonds. The van der Waals surface area contributed by atoms with E-state index < -0.39 is 17.4 Å². The van der Waals surface area contributed by atoms with Gasteiger partial charge in [0, 0.05) is 5.56 Å². The predicted molar refractivity (Wildman–Crippen MR) is 73.6 cm³/mol. The first-order valence-corrected chi connectivity index (χ1v) is 6.81. The van der Waals surface area contributed by atoms with E-state index in [2.05, 4.69) is 0 Å². The van der Waals surface area contributed by atoms with E-state index in [9.17, 15) is 18.8 Å². The number of halogens is 1. The number of hydrogen-bond donors (Lipinski definition) is 0. The molecule has 0 aliphatic heterocycles. The summed E-state index contributed by atoms with van der Waals surface area (Å²) in [6.07, 6.45) is -0.629. The zero-order chi connectivity index (χ0) is 14.5. The summed E-state index contributed by atoms with van der Waals surface area (Å²) in [5.74, 6) is -1.57. The lowest BCUT2D eigenvalue weighted by Crippen LogP contribution is -2.12. The highest BCUT2D eigenvalue weighted by atomic mass is 32.1. The Bertz CT molecular complexity index is 630. The topological polar surface area (TPSA) is 51.2 Å². The van der Waals surface area contributed by atoms with Crippen LogP contribution in [0.2, 0.25) is 0 Å². The summed E-state index contributed by atoms with van der Waals surface area (Å²) in [5, 5.41) is 1.75. The third-order valence-electron chi connectivity index (χ3n) is 2.68. The number of carbonyl (C=O) groups excluding carboxylic acids is 3. The van der Waals surface area contributed by atoms with Crippen LogP contribution in [0.4, 0.5) is 4.39 Å². The normalized spacial score (nSPS) is 10.2. The zero-order valence-corrected chi connectivity index (χ0v) is 11.3. The largest absolute Gasteiger partial charge is 0.299 e. The maximum absolute atomic E-state index is 12.7. The third kappa shape index (κ3) is 3.68. The molecule has 0 unspecified atom stereocenters. The smallest absolute Gasteiger partial charge is 0.180 e. The number of benzene rings is 1. The fourth-order valence-corrected chi connectivity index (χ4v) is 2.35. The van der Waals surface area contributed by atoms with Crippen molar-refractivity contribution in [3.8, 4) is 0 Å². The second-order valence-electron chi connectivity index (χ2n) is 4.22. The minimum absolute atomic E-state index is 0.267. The van der Waals surface area contributed by atoms with Crippen molar-refractivity contribution in [3.05, 3.63) is 58.0 Å². The minimum atomic E-state index is -0.444. The van der Waals surface area contributed by atoms with Gasteiger partial charge in [0.25, 0.3) is 0 Å². The van der Waals surface area contributed by atoms with Crippen molar-refractivity contribution in [2.75, 3.05) is 0 Å². The molecule has 102 valence electrons. The lowest BCUT2D eigenvalue weighted by atomic mass is 10.0. The summed E-state index contributed by atoms with van der Waals surface area (Å²) >= 11 is 1.26. The molecule has 0 spiro atoms. The molecule has 2 rings (SSSR count). The summed E-state index contributed by atoms with van der Waals surface area (Å²) in [6, 6.07) is 8.34. The summed E-state index contributed by atoms with van der Waals surface area (Å²) in [4.78, 5) is 35.7. The Labute approximate surface area is 119 Å². The molecule has 0 aliphatic carbocycles. The van der Waals surface area contributed by atoms with Gasteiger partial charge in [-0.1, -0.05) is 6.07 Å². The summed E-state index contributed by atoms with van der Waals surface area (Å²) in [7, 11) is 0. The fourth-order valence-electron chi connectivity index (χ4n) is 1.68. The molecular weight excluding hydrogens is 279 g/mol. The Morgan fingerprint density at radius 3 is 2.20 bits per heavy atom. The van der Waals surface area contributed by atoms with Crippen molar-refractivity contribution in [3.63, 3.8) is 0 Å². The average Bonchev–Trinajstić information content (AvgIpc) is 2.93. The van der Waals surface area contributed by atoms with Gasteiger partial charge in [-0.15, -0.1) is 11.3 Å². The van der Waals surface area contributed by atoms with Gasteiger partial charge in [-0.2, -0.15) is 0 Å². The van der Waals surface area contributed by atoms with Crippen LogP contribution in [0.3, 0.4) is 0 Å². The van der Waals surface area contributed by atoms with Crippen LogP contribution in [0.15, 0.2) is 41.8 Å². The van der Waals surface area contributed by atoms with Gasteiger partial charge in [0.15, 0.2) is 11.6 Å². The number of carbonyl (C=O) groups is 3. The number of Topliss-reactive ketones (excluding diaryl/α,β-unsaturated/α-hetero) is 3. The van der Waals surface area contributed by atoms with Gasteiger partial charge in [-0.25, -0.2) is 4.39 Å². The van der Waals surface area contributed by atoms with Crippen molar-refractivity contribution in [1.29, 1.82) is 0 Å². The van der Waals surface area contributed by atoms with Crippen molar-refractivity contribution in [1.82, 2.24) is 0 Å². The maximum atomic E-state index is 12.7. The number of thiophene rings is 1. The van der Waals surface area contributed by atoms with Gasteiger partial charge in [0.1, 0.15) is 11.6 Å². The average molecular weight is 290 g/mol. The van der Waals surface area contributed by atoms with E-state index in [-0.39, 0.29) is 24.2 Å². The summed E-state index contributed by atoms with van der Waals surface area (Å²) in [5.41, 5.74) is 0.267. The SMILES string of the molecule is O=C(CC(=O)c1ccc(F)cc1)CC(=O)c1cccs1. The predicted octanol–water partition coefficient (Wildman–Crippen LogP) is 3.30. The lowest BCUT2D eigenvalue weighted by Gasteiger charge is -2.00. The molecule has 0 bridgehead atoms. The van der Waals surface area contributed by atoms with E-state index >= 15 is 0 Å². The van der Waals surface area contributed by atoms with Crippen LogP contribution in [0.5, 0.6) is 0 Å². The first kappa shape index (κ1) is 14.3. The van der Waals surface area contributed by atoms with Gasteiger partial charge < -0.3 is 0 Å². The van der Waals surface area contributed by atoms with Gasteiger partial charge in [0.05, 0.1) is 17.7 Å². The van der Waals surface area contributed by atoms with E-state index in [4.69, 9.17) is 0 Å². The van der Waals surface area contributed by atoms with E-state index in [0.29, 0.717) is 4.88 Å². The molecule has 1 heterocycles. The molecule has 20 heavy (non-hydrogen) atoms.